The summed E-state index contributed by atoms with van der Waals surface area (Å²) in [5.74, 6) is -0.645. The van der Waals surface area contributed by atoms with Gasteiger partial charge in [-0.05, 0) is 47.6 Å². The summed E-state index contributed by atoms with van der Waals surface area (Å²) in [7, 11) is 0. The molecule has 2 heterocycles. The van der Waals surface area contributed by atoms with Gasteiger partial charge in [0.2, 0.25) is 5.91 Å². The van der Waals surface area contributed by atoms with E-state index >= 15 is 0 Å². The molecule has 1 saturated heterocycles. The van der Waals surface area contributed by atoms with Crippen LogP contribution >= 0.6 is 0 Å². The van der Waals surface area contributed by atoms with E-state index in [1.54, 1.807) is 23.2 Å². The van der Waals surface area contributed by atoms with Crippen molar-refractivity contribution in [3.05, 3.63) is 114 Å². The van der Waals surface area contributed by atoms with Crippen molar-refractivity contribution in [2.75, 3.05) is 13.1 Å². The van der Waals surface area contributed by atoms with E-state index in [1.165, 1.54) is 11.0 Å². The van der Waals surface area contributed by atoms with Crippen molar-refractivity contribution < 1.29 is 22.8 Å². The van der Waals surface area contributed by atoms with Gasteiger partial charge in [-0.2, -0.15) is 13.2 Å². The lowest BCUT2D eigenvalue weighted by Crippen LogP contribution is -2.57. The molecule has 1 fully saturated rings. The van der Waals surface area contributed by atoms with Crippen LogP contribution in [0.1, 0.15) is 33.6 Å². The Hall–Kier alpha value is -4.20. The van der Waals surface area contributed by atoms with E-state index in [4.69, 9.17) is 0 Å². The predicted molar refractivity (Wildman–Crippen MR) is 138 cm³/mol. The highest BCUT2D eigenvalue weighted by Gasteiger charge is 2.36. The number of hydrogen-bond acceptors (Lipinski definition) is 3. The minimum Gasteiger partial charge on any atom is -0.332 e. The first-order chi connectivity index (χ1) is 18.3. The van der Waals surface area contributed by atoms with Crippen molar-refractivity contribution in [1.82, 2.24) is 14.8 Å². The number of halogens is 3. The van der Waals surface area contributed by atoms with Gasteiger partial charge in [0, 0.05) is 24.7 Å². The highest BCUT2D eigenvalue weighted by Crippen LogP contribution is 2.30. The number of nitrogens with zero attached hydrogens (tertiary/aromatic N) is 3. The van der Waals surface area contributed by atoms with Crippen LogP contribution in [0, 0.1) is 0 Å². The van der Waals surface area contributed by atoms with Crippen LogP contribution in [-0.4, -0.2) is 45.7 Å². The minimum absolute atomic E-state index is 0.0401. The van der Waals surface area contributed by atoms with Crippen LogP contribution in [0.15, 0.2) is 91.1 Å². The Labute approximate surface area is 218 Å². The molecule has 0 spiro atoms. The predicted octanol–water partition coefficient (Wildman–Crippen LogP) is 5.74. The van der Waals surface area contributed by atoms with Gasteiger partial charge in [0.1, 0.15) is 12.2 Å². The van der Waals surface area contributed by atoms with Crippen LogP contribution in [0.4, 0.5) is 13.2 Å². The molecule has 194 valence electrons. The number of fused-ring (bicyclic) bond motifs is 1. The summed E-state index contributed by atoms with van der Waals surface area (Å²) < 4.78 is 39.8. The fourth-order valence-corrected chi connectivity index (χ4v) is 4.88. The Bertz CT molecular complexity index is 1460. The summed E-state index contributed by atoms with van der Waals surface area (Å²) in [5, 5.41) is 1.78. The fourth-order valence-electron chi connectivity index (χ4n) is 4.88. The monoisotopic (exact) mass is 517 g/mol. The van der Waals surface area contributed by atoms with Crippen LogP contribution in [0.25, 0.3) is 10.8 Å². The number of aryl methyl sites for hydroxylation is 1. The van der Waals surface area contributed by atoms with Gasteiger partial charge in [0.05, 0.1) is 11.6 Å². The van der Waals surface area contributed by atoms with Crippen LogP contribution in [0.3, 0.4) is 0 Å². The second-order valence-corrected chi connectivity index (χ2v) is 9.50. The van der Waals surface area contributed by atoms with Gasteiger partial charge in [-0.1, -0.05) is 66.7 Å². The SMILES string of the molecule is O=C(c1cc2ccccc2cn1)N1CC(=O)N(Cc2cccc(C(F)(F)F)c2)[C@@H](CCc2ccccc2)C1. The lowest BCUT2D eigenvalue weighted by Gasteiger charge is -2.41. The van der Waals surface area contributed by atoms with Crippen molar-refractivity contribution in [1.29, 1.82) is 0 Å². The van der Waals surface area contributed by atoms with Crippen LogP contribution in [0.5, 0.6) is 0 Å². The summed E-state index contributed by atoms with van der Waals surface area (Å²) in [6.45, 7) is 0.150. The van der Waals surface area contributed by atoms with Gasteiger partial charge >= 0.3 is 6.18 Å². The Morgan fingerprint density at radius 2 is 1.61 bits per heavy atom. The second kappa shape index (κ2) is 10.7. The first-order valence-corrected chi connectivity index (χ1v) is 12.4. The molecule has 5 rings (SSSR count). The van der Waals surface area contributed by atoms with Crippen LogP contribution < -0.4 is 0 Å². The van der Waals surface area contributed by atoms with E-state index in [-0.39, 0.29) is 43.2 Å². The number of benzene rings is 3. The quantitative estimate of drug-likeness (QED) is 0.328. The third-order valence-corrected chi connectivity index (χ3v) is 6.87. The maximum Gasteiger partial charge on any atom is 0.416 e. The summed E-state index contributed by atoms with van der Waals surface area (Å²) in [4.78, 5) is 34.2. The highest BCUT2D eigenvalue weighted by atomic mass is 19.4. The first kappa shape index (κ1) is 25.4. The summed E-state index contributed by atoms with van der Waals surface area (Å²) in [5.41, 5.74) is 0.983. The maximum atomic E-state index is 13.4. The molecule has 0 unspecified atom stereocenters. The normalized spacial score (nSPS) is 16.2. The van der Waals surface area contributed by atoms with Gasteiger partial charge in [0.15, 0.2) is 0 Å². The Morgan fingerprint density at radius 1 is 0.895 bits per heavy atom. The number of hydrogen-bond donors (Lipinski definition) is 0. The van der Waals surface area contributed by atoms with Crippen LogP contribution in [0.2, 0.25) is 0 Å². The largest absolute Gasteiger partial charge is 0.416 e. The number of carbonyl (C=O) groups excluding carboxylic acids is 2. The molecule has 3 aromatic carbocycles. The summed E-state index contributed by atoms with van der Waals surface area (Å²) in [6.07, 6.45) is -1.61. The van der Waals surface area contributed by atoms with E-state index in [2.05, 4.69) is 4.98 Å². The van der Waals surface area contributed by atoms with Gasteiger partial charge < -0.3 is 9.80 Å². The van der Waals surface area contributed by atoms with E-state index in [1.807, 2.05) is 54.6 Å². The van der Waals surface area contributed by atoms with E-state index in [9.17, 15) is 22.8 Å². The number of alkyl halides is 3. The molecule has 1 aliphatic rings. The number of aromatic nitrogens is 1. The smallest absolute Gasteiger partial charge is 0.332 e. The fraction of sp³-hybridized carbons (Fsp3) is 0.233. The zero-order valence-electron chi connectivity index (χ0n) is 20.6. The average Bonchev–Trinajstić information content (AvgIpc) is 2.93. The molecule has 38 heavy (non-hydrogen) atoms. The third kappa shape index (κ3) is 5.69. The number of amides is 2. The molecule has 4 aromatic rings. The molecule has 8 heteroatoms. The lowest BCUT2D eigenvalue weighted by molar-refractivity contribution is -0.139. The molecule has 0 radical (unpaired) electrons. The molecule has 0 bridgehead atoms. The molecule has 0 aliphatic carbocycles. The van der Waals surface area contributed by atoms with Crippen molar-refractivity contribution in [3.8, 4) is 0 Å². The van der Waals surface area contributed by atoms with E-state index in [0.717, 1.165) is 28.5 Å². The van der Waals surface area contributed by atoms with Crippen molar-refractivity contribution in [2.24, 2.45) is 0 Å². The molecule has 0 N–H and O–H groups in total. The number of piperazine rings is 1. The maximum absolute atomic E-state index is 13.4. The molecule has 1 aromatic heterocycles. The van der Waals surface area contributed by atoms with Gasteiger partial charge in [-0.3, -0.25) is 14.6 Å². The lowest BCUT2D eigenvalue weighted by atomic mass is 10.00. The second-order valence-electron chi connectivity index (χ2n) is 9.50. The molecular formula is C30H26F3N3O2. The molecular weight excluding hydrogens is 491 g/mol. The highest BCUT2D eigenvalue weighted by molar-refractivity contribution is 5.98. The molecule has 1 atom stereocenters. The first-order valence-electron chi connectivity index (χ1n) is 12.4. The van der Waals surface area contributed by atoms with Gasteiger partial charge in [0.25, 0.3) is 5.91 Å². The van der Waals surface area contributed by atoms with Gasteiger partial charge in [-0.25, -0.2) is 0 Å². The summed E-state index contributed by atoms with van der Waals surface area (Å²) >= 11 is 0. The Morgan fingerprint density at radius 3 is 2.37 bits per heavy atom. The topological polar surface area (TPSA) is 53.5 Å². The molecule has 0 saturated carbocycles. The molecule has 1 aliphatic heterocycles. The third-order valence-electron chi connectivity index (χ3n) is 6.87. The van der Waals surface area contributed by atoms with E-state index < -0.39 is 11.7 Å². The number of carbonyl (C=O) groups is 2. The van der Waals surface area contributed by atoms with E-state index in [0.29, 0.717) is 18.4 Å². The number of pyridine rings is 1. The van der Waals surface area contributed by atoms with Crippen LogP contribution in [-0.2, 0) is 23.9 Å². The zero-order valence-corrected chi connectivity index (χ0v) is 20.6. The average molecular weight is 518 g/mol. The number of rotatable bonds is 6. The van der Waals surface area contributed by atoms with Gasteiger partial charge in [-0.15, -0.1) is 0 Å². The Kier molecular flexibility index (Phi) is 7.13. The van der Waals surface area contributed by atoms with Crippen molar-refractivity contribution in [3.63, 3.8) is 0 Å². The zero-order chi connectivity index (χ0) is 26.7. The van der Waals surface area contributed by atoms with Crippen molar-refractivity contribution >= 4 is 22.6 Å². The molecule has 2 amide bonds. The summed E-state index contributed by atoms with van der Waals surface area (Å²) in [6, 6.07) is 23.7. The molecule has 5 nitrogen and oxygen atoms in total. The minimum atomic E-state index is -4.47. The Balaban J connectivity index is 1.39. The van der Waals surface area contributed by atoms with Crippen molar-refractivity contribution in [2.45, 2.75) is 31.6 Å². The standard InChI is InChI=1S/C30H26F3N3O2/c31-30(32,33)25-12-6-9-22(15-25)18-36-26(14-13-21-7-2-1-3-8-21)19-35(20-28(36)37)29(38)27-16-23-10-4-5-11-24(23)17-34-27/h1-12,15-17,26H,13-14,18-20H2/t26-/m0/s1.